The number of nitrogens with one attached hydrogen (secondary N) is 2. The summed E-state index contributed by atoms with van der Waals surface area (Å²) in [6.45, 7) is 3.07. The number of aliphatic hydroxyl groups excluding tert-OH is 1. The van der Waals surface area contributed by atoms with Crippen LogP contribution in [0.2, 0.25) is 0 Å². The van der Waals surface area contributed by atoms with Gasteiger partial charge in [0.25, 0.3) is 0 Å². The molecule has 2 rings (SSSR count). The third-order valence-electron chi connectivity index (χ3n) is 3.76. The van der Waals surface area contributed by atoms with Crippen molar-refractivity contribution in [3.8, 4) is 0 Å². The van der Waals surface area contributed by atoms with E-state index in [-0.39, 0.29) is 12.6 Å². The summed E-state index contributed by atoms with van der Waals surface area (Å²) in [7, 11) is 1.65. The average molecular weight is 328 g/mol. The third-order valence-corrected chi connectivity index (χ3v) is 3.76. The number of carbonyl (C=O) groups is 1. The van der Waals surface area contributed by atoms with Gasteiger partial charge in [-0.3, -0.25) is 0 Å². The third kappa shape index (κ3) is 5.37. The molecule has 1 unspecified atom stereocenters. The summed E-state index contributed by atoms with van der Waals surface area (Å²) in [5.41, 5.74) is 3.89. The topological polar surface area (TPSA) is 70.6 Å². The number of benzene rings is 2. The SMILES string of the molecule is COCc1cccc(CNC(=O)NCC(O)c2ccccc2C)c1. The molecule has 0 bridgehead atoms. The van der Waals surface area contributed by atoms with Crippen LogP contribution in [-0.2, 0) is 17.9 Å². The molecule has 0 saturated heterocycles. The number of methoxy groups -OCH3 is 1. The zero-order chi connectivity index (χ0) is 17.4. The van der Waals surface area contributed by atoms with Gasteiger partial charge in [-0.15, -0.1) is 0 Å². The number of ether oxygens (including phenoxy) is 1. The molecule has 0 fully saturated rings. The number of aryl methyl sites for hydroxylation is 1. The number of hydrogen-bond donors (Lipinski definition) is 3. The van der Waals surface area contributed by atoms with Gasteiger partial charge < -0.3 is 20.5 Å². The minimum absolute atomic E-state index is 0.167. The van der Waals surface area contributed by atoms with Crippen LogP contribution in [0.15, 0.2) is 48.5 Å². The van der Waals surface area contributed by atoms with E-state index in [4.69, 9.17) is 4.74 Å². The molecule has 3 N–H and O–H groups in total. The molecule has 0 aliphatic carbocycles. The Morgan fingerprint density at radius 3 is 2.62 bits per heavy atom. The fourth-order valence-corrected chi connectivity index (χ4v) is 2.50. The average Bonchev–Trinajstić information content (AvgIpc) is 2.59. The lowest BCUT2D eigenvalue weighted by atomic mass is 10.0. The molecule has 0 heterocycles. The van der Waals surface area contributed by atoms with E-state index >= 15 is 0 Å². The minimum Gasteiger partial charge on any atom is -0.387 e. The van der Waals surface area contributed by atoms with Gasteiger partial charge in [0.1, 0.15) is 0 Å². The molecule has 1 atom stereocenters. The Balaban J connectivity index is 1.79. The van der Waals surface area contributed by atoms with E-state index in [0.717, 1.165) is 22.3 Å². The number of rotatable bonds is 7. The first kappa shape index (κ1) is 18.0. The molecule has 5 heteroatoms. The van der Waals surface area contributed by atoms with Crippen LogP contribution in [0.4, 0.5) is 4.79 Å². The second-order valence-electron chi connectivity index (χ2n) is 5.69. The molecule has 0 aliphatic rings. The first-order valence-electron chi connectivity index (χ1n) is 7.92. The number of urea groups is 1. The standard InChI is InChI=1S/C19H24N2O3/c1-14-6-3-4-9-17(14)18(22)12-21-19(23)20-11-15-7-5-8-16(10-15)13-24-2/h3-10,18,22H,11-13H2,1-2H3,(H2,20,21,23). The summed E-state index contributed by atoms with van der Waals surface area (Å²) >= 11 is 0. The highest BCUT2D eigenvalue weighted by molar-refractivity contribution is 5.73. The van der Waals surface area contributed by atoms with Crippen LogP contribution >= 0.6 is 0 Å². The Hall–Kier alpha value is -2.37. The van der Waals surface area contributed by atoms with Gasteiger partial charge in [0, 0.05) is 20.2 Å². The molecule has 0 aromatic heterocycles. The van der Waals surface area contributed by atoms with Crippen molar-refractivity contribution in [3.63, 3.8) is 0 Å². The summed E-state index contributed by atoms with van der Waals surface area (Å²) < 4.78 is 5.10. The smallest absolute Gasteiger partial charge is 0.315 e. The van der Waals surface area contributed by atoms with Gasteiger partial charge >= 0.3 is 6.03 Å². The first-order chi connectivity index (χ1) is 11.6. The van der Waals surface area contributed by atoms with Gasteiger partial charge in [-0.05, 0) is 29.2 Å². The molecule has 5 nitrogen and oxygen atoms in total. The van der Waals surface area contributed by atoms with Crippen LogP contribution in [0.25, 0.3) is 0 Å². The molecule has 2 aromatic carbocycles. The maximum Gasteiger partial charge on any atom is 0.315 e. The predicted molar refractivity (Wildman–Crippen MR) is 93.5 cm³/mol. The van der Waals surface area contributed by atoms with Crippen LogP contribution in [0.3, 0.4) is 0 Å². The van der Waals surface area contributed by atoms with E-state index in [9.17, 15) is 9.90 Å². The lowest BCUT2D eigenvalue weighted by molar-refractivity contribution is 0.172. The number of amides is 2. The van der Waals surface area contributed by atoms with Crippen LogP contribution in [0, 0.1) is 6.92 Å². The highest BCUT2D eigenvalue weighted by atomic mass is 16.5. The van der Waals surface area contributed by atoms with Crippen molar-refractivity contribution >= 4 is 6.03 Å². The van der Waals surface area contributed by atoms with Gasteiger partial charge in [-0.1, -0.05) is 48.5 Å². The maximum absolute atomic E-state index is 11.9. The molecule has 0 aliphatic heterocycles. The lowest BCUT2D eigenvalue weighted by Gasteiger charge is -2.15. The Labute approximate surface area is 142 Å². The highest BCUT2D eigenvalue weighted by Gasteiger charge is 2.11. The summed E-state index contributed by atoms with van der Waals surface area (Å²) in [4.78, 5) is 11.9. The molecule has 0 radical (unpaired) electrons. The molecule has 0 spiro atoms. The fourth-order valence-electron chi connectivity index (χ4n) is 2.50. The zero-order valence-corrected chi connectivity index (χ0v) is 14.1. The van der Waals surface area contributed by atoms with Crippen molar-refractivity contribution in [3.05, 3.63) is 70.8 Å². The number of hydrogen-bond acceptors (Lipinski definition) is 3. The van der Waals surface area contributed by atoms with Gasteiger partial charge in [-0.25, -0.2) is 4.79 Å². The molecule has 128 valence electrons. The Bertz CT molecular complexity index is 673. The summed E-state index contributed by atoms with van der Waals surface area (Å²) in [5.74, 6) is 0. The van der Waals surface area contributed by atoms with Crippen molar-refractivity contribution in [1.82, 2.24) is 10.6 Å². The van der Waals surface area contributed by atoms with Crippen LogP contribution < -0.4 is 10.6 Å². The normalized spacial score (nSPS) is 11.8. The second kappa shape index (κ2) is 9.05. The van der Waals surface area contributed by atoms with Crippen molar-refractivity contribution in [2.24, 2.45) is 0 Å². The van der Waals surface area contributed by atoms with Gasteiger partial charge in [0.05, 0.1) is 12.7 Å². The highest BCUT2D eigenvalue weighted by Crippen LogP contribution is 2.16. The van der Waals surface area contributed by atoms with E-state index in [1.165, 1.54) is 0 Å². The molecule has 0 saturated carbocycles. The number of carbonyl (C=O) groups excluding carboxylic acids is 1. The van der Waals surface area contributed by atoms with Crippen molar-refractivity contribution in [2.75, 3.05) is 13.7 Å². The maximum atomic E-state index is 11.9. The molecular weight excluding hydrogens is 304 g/mol. The lowest BCUT2D eigenvalue weighted by Crippen LogP contribution is -2.37. The fraction of sp³-hybridized carbons (Fsp3) is 0.316. The number of aliphatic hydroxyl groups is 1. The molecule has 24 heavy (non-hydrogen) atoms. The van der Waals surface area contributed by atoms with Crippen molar-refractivity contribution in [1.29, 1.82) is 0 Å². The van der Waals surface area contributed by atoms with Crippen LogP contribution in [0.1, 0.15) is 28.4 Å². The summed E-state index contributed by atoms with van der Waals surface area (Å²) in [6, 6.07) is 15.1. The Morgan fingerprint density at radius 1 is 1.12 bits per heavy atom. The monoisotopic (exact) mass is 328 g/mol. The Morgan fingerprint density at radius 2 is 1.88 bits per heavy atom. The Kier molecular flexibility index (Phi) is 6.78. The van der Waals surface area contributed by atoms with E-state index < -0.39 is 6.10 Å². The zero-order valence-electron chi connectivity index (χ0n) is 14.1. The van der Waals surface area contributed by atoms with E-state index in [1.807, 2.05) is 55.5 Å². The van der Waals surface area contributed by atoms with Crippen LogP contribution in [-0.4, -0.2) is 24.8 Å². The van der Waals surface area contributed by atoms with Gasteiger partial charge in [0.15, 0.2) is 0 Å². The second-order valence-corrected chi connectivity index (χ2v) is 5.69. The quantitative estimate of drug-likeness (QED) is 0.732. The molecule has 2 aromatic rings. The van der Waals surface area contributed by atoms with E-state index in [0.29, 0.717) is 13.2 Å². The van der Waals surface area contributed by atoms with Crippen LogP contribution in [0.5, 0.6) is 0 Å². The summed E-state index contributed by atoms with van der Waals surface area (Å²) in [6.07, 6.45) is -0.720. The van der Waals surface area contributed by atoms with Crippen molar-refractivity contribution < 1.29 is 14.6 Å². The van der Waals surface area contributed by atoms with E-state index in [1.54, 1.807) is 7.11 Å². The minimum atomic E-state index is -0.720. The predicted octanol–water partition coefficient (Wildman–Crippen LogP) is 2.67. The van der Waals surface area contributed by atoms with Crippen molar-refractivity contribution in [2.45, 2.75) is 26.2 Å². The molecular formula is C19H24N2O3. The van der Waals surface area contributed by atoms with Gasteiger partial charge in [0.2, 0.25) is 0 Å². The largest absolute Gasteiger partial charge is 0.387 e. The first-order valence-corrected chi connectivity index (χ1v) is 7.92. The van der Waals surface area contributed by atoms with Gasteiger partial charge in [-0.2, -0.15) is 0 Å². The summed E-state index contributed by atoms with van der Waals surface area (Å²) in [5, 5.41) is 15.7. The molecule has 2 amide bonds. The van der Waals surface area contributed by atoms with E-state index in [2.05, 4.69) is 10.6 Å².